The Hall–Kier alpha value is -3.07. The molecule has 0 spiro atoms. The number of rotatable bonds is 9. The third-order valence-corrected chi connectivity index (χ3v) is 8.42. The second-order valence-corrected chi connectivity index (χ2v) is 11.4. The molecule has 2 amide bonds. The van der Waals surface area contributed by atoms with Crippen LogP contribution < -0.4 is 9.62 Å². The van der Waals surface area contributed by atoms with Crippen molar-refractivity contribution < 1.29 is 18.0 Å². The van der Waals surface area contributed by atoms with Crippen molar-refractivity contribution in [1.29, 1.82) is 0 Å². The van der Waals surface area contributed by atoms with E-state index in [1.54, 1.807) is 62.4 Å². The molecule has 0 fully saturated rings. The van der Waals surface area contributed by atoms with Gasteiger partial charge in [-0.2, -0.15) is 0 Å². The zero-order chi connectivity index (χ0) is 27.3. The number of sulfonamides is 1. The van der Waals surface area contributed by atoms with Crippen LogP contribution in [-0.4, -0.2) is 44.8 Å². The highest BCUT2D eigenvalue weighted by atomic mass is 35.5. The van der Waals surface area contributed by atoms with Crippen molar-refractivity contribution in [2.24, 2.45) is 0 Å². The molecule has 3 aromatic carbocycles. The van der Waals surface area contributed by atoms with Crippen LogP contribution in [0.4, 0.5) is 5.69 Å². The average Bonchev–Trinajstić information content (AvgIpc) is 2.87. The summed E-state index contributed by atoms with van der Waals surface area (Å²) >= 11 is 12.6. The van der Waals surface area contributed by atoms with Gasteiger partial charge >= 0.3 is 0 Å². The summed E-state index contributed by atoms with van der Waals surface area (Å²) in [5, 5.41) is 3.30. The van der Waals surface area contributed by atoms with E-state index >= 15 is 0 Å². The van der Waals surface area contributed by atoms with Gasteiger partial charge in [-0.15, -0.1) is 0 Å². The highest BCUT2D eigenvalue weighted by molar-refractivity contribution is 7.92. The van der Waals surface area contributed by atoms with Crippen molar-refractivity contribution in [3.63, 3.8) is 0 Å². The summed E-state index contributed by atoms with van der Waals surface area (Å²) in [6, 6.07) is 17.3. The van der Waals surface area contributed by atoms with Crippen molar-refractivity contribution in [1.82, 2.24) is 10.2 Å². The minimum atomic E-state index is -4.17. The number of halogens is 2. The predicted molar refractivity (Wildman–Crippen MR) is 147 cm³/mol. The molecule has 3 aromatic rings. The first-order chi connectivity index (χ1) is 17.4. The first kappa shape index (κ1) is 28.5. The van der Waals surface area contributed by atoms with Crippen LogP contribution in [0, 0.1) is 13.8 Å². The minimum Gasteiger partial charge on any atom is -0.357 e. The molecular formula is C27H29Cl2N3O4S. The third-order valence-electron chi connectivity index (χ3n) is 6.04. The van der Waals surface area contributed by atoms with Crippen molar-refractivity contribution in [2.75, 3.05) is 17.9 Å². The fourth-order valence-corrected chi connectivity index (χ4v) is 5.64. The maximum Gasteiger partial charge on any atom is 0.264 e. The standard InChI is InChI=1S/C27H29Cl2N3O4S/c1-18-9-13-23(14-10-18)37(35,36)32(25-15-22(28)12-11-19(25)2)17-26(33)31(20(3)27(34)30-4)16-21-7-5-6-8-24(21)29/h5-15,20H,16-17H2,1-4H3,(H,30,34)/t20-/m1/s1. The fraction of sp³-hybridized carbons (Fsp3) is 0.259. The Bertz CT molecular complexity index is 1400. The topological polar surface area (TPSA) is 86.8 Å². The summed E-state index contributed by atoms with van der Waals surface area (Å²) in [5.41, 5.74) is 2.41. The summed E-state index contributed by atoms with van der Waals surface area (Å²) in [5.74, 6) is -0.974. The number of aryl methyl sites for hydroxylation is 2. The van der Waals surface area contributed by atoms with Gasteiger partial charge in [0, 0.05) is 23.6 Å². The van der Waals surface area contributed by atoms with Crippen LogP contribution in [0.3, 0.4) is 0 Å². The molecule has 0 aliphatic heterocycles. The molecule has 196 valence electrons. The second-order valence-electron chi connectivity index (χ2n) is 8.66. The molecule has 7 nitrogen and oxygen atoms in total. The molecule has 10 heteroatoms. The Morgan fingerprint density at radius 3 is 2.24 bits per heavy atom. The zero-order valence-electron chi connectivity index (χ0n) is 21.0. The van der Waals surface area contributed by atoms with Gasteiger partial charge in [0.1, 0.15) is 12.6 Å². The molecule has 0 aliphatic carbocycles. The molecule has 0 unspecified atom stereocenters. The fourth-order valence-electron chi connectivity index (χ4n) is 3.80. The first-order valence-corrected chi connectivity index (χ1v) is 13.7. The van der Waals surface area contributed by atoms with E-state index in [1.807, 2.05) is 6.92 Å². The molecule has 3 rings (SSSR count). The van der Waals surface area contributed by atoms with Gasteiger partial charge in [0.15, 0.2) is 0 Å². The third kappa shape index (κ3) is 6.63. The number of nitrogens with one attached hydrogen (secondary N) is 1. The number of carbonyl (C=O) groups is 2. The molecule has 0 saturated heterocycles. The van der Waals surface area contributed by atoms with Gasteiger partial charge in [0.25, 0.3) is 10.0 Å². The van der Waals surface area contributed by atoms with Gasteiger partial charge in [-0.05, 0) is 62.2 Å². The van der Waals surface area contributed by atoms with Crippen LogP contribution in [0.2, 0.25) is 10.0 Å². The number of anilines is 1. The van der Waals surface area contributed by atoms with Crippen LogP contribution in [0.5, 0.6) is 0 Å². The molecule has 0 radical (unpaired) electrons. The maximum absolute atomic E-state index is 13.8. The average molecular weight is 563 g/mol. The summed E-state index contributed by atoms with van der Waals surface area (Å²) in [6.45, 7) is 4.63. The molecule has 0 aliphatic rings. The van der Waals surface area contributed by atoms with Crippen LogP contribution in [-0.2, 0) is 26.2 Å². The van der Waals surface area contributed by atoms with Gasteiger partial charge in [-0.1, -0.05) is 65.2 Å². The lowest BCUT2D eigenvalue weighted by Crippen LogP contribution is -2.50. The Balaban J connectivity index is 2.09. The van der Waals surface area contributed by atoms with E-state index in [1.165, 1.54) is 30.1 Å². The number of carbonyl (C=O) groups excluding carboxylic acids is 2. The number of hydrogen-bond donors (Lipinski definition) is 1. The molecule has 37 heavy (non-hydrogen) atoms. The monoisotopic (exact) mass is 561 g/mol. The quantitative estimate of drug-likeness (QED) is 0.399. The van der Waals surface area contributed by atoms with E-state index < -0.39 is 34.4 Å². The zero-order valence-corrected chi connectivity index (χ0v) is 23.4. The molecule has 0 heterocycles. The van der Waals surface area contributed by atoms with Gasteiger partial charge in [0.2, 0.25) is 11.8 Å². The molecule has 1 N–H and O–H groups in total. The number of benzene rings is 3. The first-order valence-electron chi connectivity index (χ1n) is 11.6. The summed E-state index contributed by atoms with van der Waals surface area (Å²) in [7, 11) is -2.70. The van der Waals surface area contributed by atoms with E-state index in [2.05, 4.69) is 5.32 Å². The second kappa shape index (κ2) is 12.0. The summed E-state index contributed by atoms with van der Waals surface area (Å²) in [4.78, 5) is 27.7. The van der Waals surface area contributed by atoms with Gasteiger partial charge in [0.05, 0.1) is 10.6 Å². The number of likely N-dealkylation sites (N-methyl/N-ethyl adjacent to an activating group) is 1. The molecule has 0 bridgehead atoms. The van der Waals surface area contributed by atoms with E-state index in [0.717, 1.165) is 9.87 Å². The summed E-state index contributed by atoms with van der Waals surface area (Å²) < 4.78 is 28.7. The normalized spacial score (nSPS) is 12.1. The lowest BCUT2D eigenvalue weighted by Gasteiger charge is -2.32. The predicted octanol–water partition coefficient (Wildman–Crippen LogP) is 4.97. The number of nitrogens with zero attached hydrogens (tertiary/aromatic N) is 2. The van der Waals surface area contributed by atoms with Gasteiger partial charge in [-0.25, -0.2) is 8.42 Å². The Kier molecular flexibility index (Phi) is 9.23. The lowest BCUT2D eigenvalue weighted by molar-refractivity contribution is -0.139. The molecule has 0 aromatic heterocycles. The van der Waals surface area contributed by atoms with Crippen molar-refractivity contribution in [2.45, 2.75) is 38.3 Å². The Morgan fingerprint density at radius 2 is 1.62 bits per heavy atom. The van der Waals surface area contributed by atoms with E-state index in [4.69, 9.17) is 23.2 Å². The van der Waals surface area contributed by atoms with Crippen molar-refractivity contribution in [3.8, 4) is 0 Å². The Labute approximate surface area is 228 Å². The van der Waals surface area contributed by atoms with Crippen LogP contribution >= 0.6 is 23.2 Å². The van der Waals surface area contributed by atoms with Crippen LogP contribution in [0.1, 0.15) is 23.6 Å². The molecule has 1 atom stereocenters. The maximum atomic E-state index is 13.8. The highest BCUT2D eigenvalue weighted by Crippen LogP contribution is 2.30. The summed E-state index contributed by atoms with van der Waals surface area (Å²) in [6.07, 6.45) is 0. The van der Waals surface area contributed by atoms with E-state index in [9.17, 15) is 18.0 Å². The number of hydrogen-bond acceptors (Lipinski definition) is 4. The largest absolute Gasteiger partial charge is 0.357 e. The smallest absolute Gasteiger partial charge is 0.264 e. The molecular weight excluding hydrogens is 533 g/mol. The van der Waals surface area contributed by atoms with E-state index in [-0.39, 0.29) is 17.1 Å². The van der Waals surface area contributed by atoms with Gasteiger partial charge < -0.3 is 10.2 Å². The Morgan fingerprint density at radius 1 is 0.973 bits per heavy atom. The van der Waals surface area contributed by atoms with Crippen molar-refractivity contribution >= 4 is 50.7 Å². The SMILES string of the molecule is CNC(=O)[C@@H](C)N(Cc1ccccc1Cl)C(=O)CN(c1cc(Cl)ccc1C)S(=O)(=O)c1ccc(C)cc1. The van der Waals surface area contributed by atoms with Crippen molar-refractivity contribution in [3.05, 3.63) is 93.5 Å². The highest BCUT2D eigenvalue weighted by Gasteiger charge is 2.33. The molecule has 0 saturated carbocycles. The van der Waals surface area contributed by atoms with E-state index in [0.29, 0.717) is 21.2 Å². The van der Waals surface area contributed by atoms with Crippen LogP contribution in [0.25, 0.3) is 0 Å². The minimum absolute atomic E-state index is 0.0139. The van der Waals surface area contributed by atoms with Gasteiger partial charge in [-0.3, -0.25) is 13.9 Å². The van der Waals surface area contributed by atoms with Crippen LogP contribution in [0.15, 0.2) is 71.6 Å². The number of amides is 2. The lowest BCUT2D eigenvalue weighted by atomic mass is 10.1.